The van der Waals surface area contributed by atoms with Crippen molar-refractivity contribution in [2.75, 3.05) is 6.54 Å². The topological polar surface area (TPSA) is 53.7 Å². The van der Waals surface area contributed by atoms with Crippen LogP contribution in [-0.4, -0.2) is 28.6 Å². The van der Waals surface area contributed by atoms with Crippen LogP contribution in [0.5, 0.6) is 0 Å². The molecule has 0 bridgehead atoms. The maximum absolute atomic E-state index is 11.2. The van der Waals surface area contributed by atoms with Gasteiger partial charge in [0.05, 0.1) is 12.3 Å². The quantitative estimate of drug-likeness (QED) is 0.854. The van der Waals surface area contributed by atoms with Gasteiger partial charge < -0.3 is 9.52 Å². The zero-order valence-corrected chi connectivity index (χ0v) is 9.43. The molecular weight excluding hydrogens is 206 g/mol. The van der Waals surface area contributed by atoms with Gasteiger partial charge in [0.2, 0.25) is 0 Å². The van der Waals surface area contributed by atoms with Crippen molar-refractivity contribution in [3.63, 3.8) is 0 Å². The molecule has 1 aromatic heterocycles. The van der Waals surface area contributed by atoms with Gasteiger partial charge in [0.25, 0.3) is 0 Å². The number of carboxylic acids is 1. The minimum Gasteiger partial charge on any atom is -0.480 e. The third kappa shape index (κ3) is 2.11. The smallest absolute Gasteiger partial charge is 0.320 e. The van der Waals surface area contributed by atoms with E-state index in [0.717, 1.165) is 31.6 Å². The Morgan fingerprint density at radius 1 is 1.62 bits per heavy atom. The molecule has 1 saturated heterocycles. The molecule has 0 amide bonds. The van der Waals surface area contributed by atoms with Crippen LogP contribution in [0.3, 0.4) is 0 Å². The van der Waals surface area contributed by atoms with Crippen LogP contribution in [0.4, 0.5) is 0 Å². The van der Waals surface area contributed by atoms with Gasteiger partial charge in [0, 0.05) is 0 Å². The zero-order chi connectivity index (χ0) is 11.5. The highest BCUT2D eigenvalue weighted by atomic mass is 16.4. The van der Waals surface area contributed by atoms with Crippen LogP contribution in [-0.2, 0) is 4.79 Å². The molecule has 0 radical (unpaired) electrons. The summed E-state index contributed by atoms with van der Waals surface area (Å²) in [4.78, 5) is 13.2. The van der Waals surface area contributed by atoms with E-state index in [1.165, 1.54) is 0 Å². The number of rotatable bonds is 3. The third-order valence-corrected chi connectivity index (χ3v) is 3.28. The van der Waals surface area contributed by atoms with Crippen LogP contribution in [0.2, 0.25) is 0 Å². The summed E-state index contributed by atoms with van der Waals surface area (Å²) < 4.78 is 5.34. The van der Waals surface area contributed by atoms with Gasteiger partial charge in [0.15, 0.2) is 0 Å². The van der Waals surface area contributed by atoms with Crippen molar-refractivity contribution in [1.82, 2.24) is 4.90 Å². The van der Waals surface area contributed by atoms with E-state index in [4.69, 9.17) is 4.42 Å². The number of piperidine rings is 1. The van der Waals surface area contributed by atoms with E-state index < -0.39 is 5.97 Å². The molecule has 0 saturated carbocycles. The van der Waals surface area contributed by atoms with Crippen molar-refractivity contribution in [3.05, 3.63) is 24.2 Å². The van der Waals surface area contributed by atoms with E-state index >= 15 is 0 Å². The predicted molar refractivity (Wildman–Crippen MR) is 59.1 cm³/mol. The Morgan fingerprint density at radius 2 is 2.44 bits per heavy atom. The predicted octanol–water partition coefficient (Wildman–Crippen LogP) is 2.28. The van der Waals surface area contributed by atoms with E-state index in [1.54, 1.807) is 6.26 Å². The van der Waals surface area contributed by atoms with Gasteiger partial charge in [-0.2, -0.15) is 0 Å². The molecule has 1 aliphatic heterocycles. The van der Waals surface area contributed by atoms with Crippen LogP contribution in [0.15, 0.2) is 22.8 Å². The van der Waals surface area contributed by atoms with Gasteiger partial charge in [-0.3, -0.25) is 9.69 Å². The van der Waals surface area contributed by atoms with Crippen LogP contribution in [0, 0.1) is 0 Å². The normalized spacial score (nSPS) is 24.2. The van der Waals surface area contributed by atoms with Gasteiger partial charge in [-0.25, -0.2) is 0 Å². The molecule has 1 fully saturated rings. The highest BCUT2D eigenvalue weighted by Gasteiger charge is 2.32. The number of hydrogen-bond acceptors (Lipinski definition) is 3. The summed E-state index contributed by atoms with van der Waals surface area (Å²) in [6, 6.07) is 3.41. The molecule has 0 aliphatic carbocycles. The highest BCUT2D eigenvalue weighted by molar-refractivity contribution is 5.73. The second-order valence-electron chi connectivity index (χ2n) is 4.28. The molecule has 4 heteroatoms. The minimum atomic E-state index is -0.724. The van der Waals surface area contributed by atoms with Crippen molar-refractivity contribution >= 4 is 5.97 Å². The number of nitrogens with zero attached hydrogens (tertiary/aromatic N) is 1. The number of likely N-dealkylation sites (tertiary alicyclic amines) is 1. The first-order valence-corrected chi connectivity index (χ1v) is 5.72. The van der Waals surface area contributed by atoms with Crippen LogP contribution < -0.4 is 0 Å². The summed E-state index contributed by atoms with van der Waals surface area (Å²) in [7, 11) is 0. The lowest BCUT2D eigenvalue weighted by Gasteiger charge is -2.36. The molecule has 0 aromatic carbocycles. The highest BCUT2D eigenvalue weighted by Crippen LogP contribution is 2.28. The SMILES string of the molecule is C[C@@H](c1ccco1)N1CCCC[C@H]1C(=O)O. The molecule has 0 unspecified atom stereocenters. The van der Waals surface area contributed by atoms with Gasteiger partial charge in [-0.05, 0) is 38.4 Å². The summed E-state index contributed by atoms with van der Waals surface area (Å²) >= 11 is 0. The summed E-state index contributed by atoms with van der Waals surface area (Å²) in [6.45, 7) is 2.83. The molecule has 2 heterocycles. The van der Waals surface area contributed by atoms with Gasteiger partial charge in [0.1, 0.15) is 11.8 Å². The Morgan fingerprint density at radius 3 is 3.06 bits per heavy atom. The fourth-order valence-electron chi connectivity index (χ4n) is 2.38. The Balaban J connectivity index is 2.14. The minimum absolute atomic E-state index is 0.0383. The fraction of sp³-hybridized carbons (Fsp3) is 0.583. The van der Waals surface area contributed by atoms with Gasteiger partial charge in [-0.15, -0.1) is 0 Å². The Bertz CT molecular complexity index is 347. The summed E-state index contributed by atoms with van der Waals surface area (Å²) in [5.41, 5.74) is 0. The summed E-state index contributed by atoms with van der Waals surface area (Å²) in [5.74, 6) is 0.117. The maximum atomic E-state index is 11.2. The van der Waals surface area contributed by atoms with E-state index in [2.05, 4.69) is 0 Å². The molecule has 1 aliphatic rings. The largest absolute Gasteiger partial charge is 0.480 e. The lowest BCUT2D eigenvalue weighted by molar-refractivity contribution is -0.145. The van der Waals surface area contributed by atoms with E-state index in [0.29, 0.717) is 0 Å². The standard InChI is InChI=1S/C12H17NO3/c1-9(11-6-4-8-16-11)13-7-3-2-5-10(13)12(14)15/h4,6,8-10H,2-3,5,7H2,1H3,(H,14,15)/t9-,10-/m0/s1. The summed E-state index contributed by atoms with van der Waals surface area (Å²) in [5, 5.41) is 9.18. The molecule has 1 aromatic rings. The second-order valence-corrected chi connectivity index (χ2v) is 4.28. The van der Waals surface area contributed by atoms with Crippen LogP contribution in [0.25, 0.3) is 0 Å². The number of carboxylic acid groups (broad SMARTS) is 1. The molecule has 4 nitrogen and oxygen atoms in total. The Kier molecular flexibility index (Phi) is 3.29. The maximum Gasteiger partial charge on any atom is 0.320 e. The lowest BCUT2D eigenvalue weighted by atomic mass is 9.99. The van der Waals surface area contributed by atoms with Gasteiger partial charge in [-0.1, -0.05) is 6.42 Å². The van der Waals surface area contributed by atoms with Gasteiger partial charge >= 0.3 is 5.97 Å². The van der Waals surface area contributed by atoms with Crippen molar-refractivity contribution in [3.8, 4) is 0 Å². The van der Waals surface area contributed by atoms with E-state index in [9.17, 15) is 9.90 Å². The molecule has 0 spiro atoms. The fourth-order valence-corrected chi connectivity index (χ4v) is 2.38. The lowest BCUT2D eigenvalue weighted by Crippen LogP contribution is -2.45. The number of hydrogen-bond donors (Lipinski definition) is 1. The first-order valence-electron chi connectivity index (χ1n) is 5.72. The average molecular weight is 223 g/mol. The number of aliphatic carboxylic acids is 1. The Hall–Kier alpha value is -1.29. The molecule has 2 atom stereocenters. The van der Waals surface area contributed by atoms with E-state index in [-0.39, 0.29) is 12.1 Å². The average Bonchev–Trinajstić information content (AvgIpc) is 2.81. The van der Waals surface area contributed by atoms with Crippen LogP contribution in [0.1, 0.15) is 38.0 Å². The monoisotopic (exact) mass is 223 g/mol. The van der Waals surface area contributed by atoms with Crippen molar-refractivity contribution in [2.24, 2.45) is 0 Å². The molecule has 2 rings (SSSR count). The van der Waals surface area contributed by atoms with Crippen molar-refractivity contribution in [1.29, 1.82) is 0 Å². The first kappa shape index (κ1) is 11.2. The summed E-state index contributed by atoms with van der Waals surface area (Å²) in [6.07, 6.45) is 4.43. The first-order chi connectivity index (χ1) is 7.70. The van der Waals surface area contributed by atoms with Crippen LogP contribution >= 0.6 is 0 Å². The molecule has 16 heavy (non-hydrogen) atoms. The molecule has 1 N–H and O–H groups in total. The second kappa shape index (κ2) is 4.70. The van der Waals surface area contributed by atoms with Crippen molar-refractivity contribution in [2.45, 2.75) is 38.3 Å². The number of furan rings is 1. The van der Waals surface area contributed by atoms with E-state index in [1.807, 2.05) is 24.0 Å². The third-order valence-electron chi connectivity index (χ3n) is 3.28. The zero-order valence-electron chi connectivity index (χ0n) is 9.43. The molecule has 88 valence electrons. The Labute approximate surface area is 94.9 Å². The molecular formula is C12H17NO3. The van der Waals surface area contributed by atoms with Crippen molar-refractivity contribution < 1.29 is 14.3 Å². The number of carbonyl (C=O) groups is 1.